The van der Waals surface area contributed by atoms with Gasteiger partial charge < -0.3 is 36.6 Å². The molecule has 17 heteroatoms. The van der Waals surface area contributed by atoms with Crippen LogP contribution in [0.3, 0.4) is 0 Å². The van der Waals surface area contributed by atoms with E-state index < -0.39 is 46.5 Å². The number of ether oxygens (including phenoxy) is 1. The van der Waals surface area contributed by atoms with Gasteiger partial charge in [-0.25, -0.2) is 22.9 Å². The number of likely N-dealkylation sites (tertiary alicyclic amines) is 2. The van der Waals surface area contributed by atoms with Gasteiger partial charge in [-0.15, -0.1) is 0 Å². The molecule has 0 aliphatic carbocycles. The summed E-state index contributed by atoms with van der Waals surface area (Å²) in [4.78, 5) is 51.4. The summed E-state index contributed by atoms with van der Waals surface area (Å²) in [5.41, 5.74) is 4.99. The average molecular weight is 845 g/mol. The van der Waals surface area contributed by atoms with Crippen molar-refractivity contribution in [3.8, 4) is 35.1 Å². The minimum Gasteiger partial charge on any atom is -0.464 e. The Balaban J connectivity index is 0.000000204. The number of hydrogen-bond acceptors (Lipinski definition) is 10. The van der Waals surface area contributed by atoms with E-state index in [0.29, 0.717) is 70.2 Å². The van der Waals surface area contributed by atoms with Gasteiger partial charge in [-0.2, -0.15) is 10.2 Å². The van der Waals surface area contributed by atoms with Crippen LogP contribution in [0, 0.1) is 35.3 Å². The zero-order valence-electron chi connectivity index (χ0n) is 34.0. The lowest BCUT2D eigenvalue weighted by Gasteiger charge is -2.32. The second-order valence-corrected chi connectivity index (χ2v) is 14.7. The van der Waals surface area contributed by atoms with Crippen molar-refractivity contribution in [2.24, 2.45) is 5.73 Å². The number of fused-ring (bicyclic) bond motifs is 2. The van der Waals surface area contributed by atoms with Crippen LogP contribution >= 0.6 is 0 Å². The number of hydrogen-bond donors (Lipinski definition) is 4. The molecule has 0 spiro atoms. The van der Waals surface area contributed by atoms with Gasteiger partial charge in [0, 0.05) is 61.2 Å². The van der Waals surface area contributed by atoms with E-state index in [-0.39, 0.29) is 30.4 Å². The normalized spacial score (nSPS) is 18.4. The number of aromatic nitrogens is 4. The maximum absolute atomic E-state index is 13.9. The van der Waals surface area contributed by atoms with Crippen molar-refractivity contribution in [3.05, 3.63) is 119 Å². The Labute approximate surface area is 354 Å². The third-order valence-electron chi connectivity index (χ3n) is 10.4. The van der Waals surface area contributed by atoms with Gasteiger partial charge >= 0.3 is 5.97 Å². The van der Waals surface area contributed by atoms with Crippen LogP contribution in [-0.2, 0) is 14.3 Å². The van der Waals surface area contributed by atoms with Crippen molar-refractivity contribution in [2.45, 2.75) is 36.9 Å². The highest BCUT2D eigenvalue weighted by Gasteiger charge is 2.40. The van der Waals surface area contributed by atoms with E-state index in [2.05, 4.69) is 33.9 Å². The smallest absolute Gasteiger partial charge is 0.359 e. The van der Waals surface area contributed by atoms with E-state index >= 15 is 0 Å². The molecule has 4 heterocycles. The lowest BCUT2D eigenvalue weighted by molar-refractivity contribution is -0.149. The molecule has 2 aromatic heterocycles. The van der Waals surface area contributed by atoms with Crippen molar-refractivity contribution in [2.75, 3.05) is 34.3 Å². The first-order valence-electron chi connectivity index (χ1n) is 19.1. The van der Waals surface area contributed by atoms with Crippen LogP contribution in [0.2, 0.25) is 0 Å². The molecular weight excluding hydrogens is 803 g/mol. The number of piperidine rings is 2. The Hall–Kier alpha value is -7.44. The van der Waals surface area contributed by atoms with E-state index in [1.807, 2.05) is 0 Å². The number of amides is 3. The lowest BCUT2D eigenvalue weighted by Crippen LogP contribution is -2.51. The summed E-state index contributed by atoms with van der Waals surface area (Å²) < 4.78 is 35.4. The first kappa shape index (κ1) is 44.1. The molecule has 62 heavy (non-hydrogen) atoms. The van der Waals surface area contributed by atoms with Crippen molar-refractivity contribution in [1.82, 2.24) is 35.5 Å². The monoisotopic (exact) mass is 844 g/mol. The highest BCUT2D eigenvalue weighted by Crippen LogP contribution is 2.27. The van der Waals surface area contributed by atoms with Crippen molar-refractivity contribution >= 4 is 45.5 Å². The molecule has 0 radical (unpaired) electrons. The highest BCUT2D eigenvalue weighted by molar-refractivity contribution is 6.04. The summed E-state index contributed by atoms with van der Waals surface area (Å²) in [7, 11) is 4.52. The predicted molar refractivity (Wildman–Crippen MR) is 224 cm³/mol. The van der Waals surface area contributed by atoms with Crippen molar-refractivity contribution in [3.63, 3.8) is 0 Å². The second kappa shape index (κ2) is 17.6. The molecule has 2 atom stereocenters. The fraction of sp³-hybridized carbons (Fsp3) is 0.244. The Bertz CT molecular complexity index is 2890. The van der Waals surface area contributed by atoms with Gasteiger partial charge in [0.15, 0.2) is 11.4 Å². The molecule has 3 amide bonds. The second-order valence-electron chi connectivity index (χ2n) is 14.7. The van der Waals surface area contributed by atoms with Crippen molar-refractivity contribution in [1.29, 1.82) is 0 Å². The van der Waals surface area contributed by atoms with E-state index in [0.717, 1.165) is 0 Å². The number of primary amides is 1. The van der Waals surface area contributed by atoms with E-state index in [1.54, 1.807) is 62.6 Å². The summed E-state index contributed by atoms with van der Waals surface area (Å²) in [6.07, 6.45) is 1.87. The number of nitrogens with zero attached hydrogens (tertiary/aromatic N) is 6. The number of aliphatic hydroxyl groups is 2. The molecule has 2 saturated heterocycles. The maximum atomic E-state index is 13.9. The summed E-state index contributed by atoms with van der Waals surface area (Å²) in [6, 6.07) is 21.7. The number of carbonyl (C=O) groups is 4. The Morgan fingerprint density at radius 1 is 0.710 bits per heavy atom. The molecular formula is C45H42F2N8O7. The summed E-state index contributed by atoms with van der Waals surface area (Å²) in [5, 5.41) is 30.7. The standard InChI is InChI=1S/C23H20FN3O4.C22H19FN4O3.H3N/c1-26-12-4-10-23(30,22(26)29)11-9-15-5-3-6-17(13-15)27-19-14-16(24)7-8-18(19)20(25-27)21(28)31-2;1-26-11-3-9-22(30,21(26)29)10-8-14-4-2-5-16(12-14)27-18-13-15(23)6-7-17(18)19(25-27)20(24)28;/h3,5-8,13-14,30H,4,10,12H2,1-2H3;2,4-7,12-13,30H,3,9,11H2,1H3,(H2,24,28);1H3/t23-;22-;/m11./s1. The van der Waals surface area contributed by atoms with E-state index in [4.69, 9.17) is 10.5 Å². The minimum atomic E-state index is -1.72. The van der Waals surface area contributed by atoms with Crippen molar-refractivity contribution < 1.29 is 42.9 Å². The molecule has 2 fully saturated rings. The van der Waals surface area contributed by atoms with Gasteiger partial charge in [0.1, 0.15) is 11.6 Å². The number of nitrogens with two attached hydrogens (primary N) is 1. The van der Waals surface area contributed by atoms with E-state index in [1.165, 1.54) is 62.7 Å². The van der Waals surface area contributed by atoms with Crippen LogP contribution in [0.5, 0.6) is 0 Å². The molecule has 4 aromatic carbocycles. The van der Waals surface area contributed by atoms with Gasteiger partial charge in [-0.3, -0.25) is 14.4 Å². The molecule has 7 N–H and O–H groups in total. The molecule has 2 aliphatic heterocycles. The quantitative estimate of drug-likeness (QED) is 0.147. The van der Waals surface area contributed by atoms with E-state index in [9.17, 15) is 38.2 Å². The lowest BCUT2D eigenvalue weighted by atomic mass is 9.92. The number of methoxy groups -OCH3 is 1. The largest absolute Gasteiger partial charge is 0.464 e. The van der Waals surface area contributed by atoms with Gasteiger partial charge in [-0.05, 0) is 86.3 Å². The van der Waals surface area contributed by atoms with Crippen LogP contribution in [0.1, 0.15) is 57.8 Å². The number of halogens is 2. The first-order chi connectivity index (χ1) is 29.1. The van der Waals surface area contributed by atoms with Gasteiger partial charge in [0.05, 0.1) is 29.5 Å². The Kier molecular flexibility index (Phi) is 12.6. The number of carbonyl (C=O) groups excluding carboxylic acids is 4. The van der Waals surface area contributed by atoms with Gasteiger partial charge in [-0.1, -0.05) is 35.8 Å². The van der Waals surface area contributed by atoms with Crippen LogP contribution in [0.4, 0.5) is 8.78 Å². The third kappa shape index (κ3) is 8.72. The Morgan fingerprint density at radius 3 is 1.58 bits per heavy atom. The molecule has 0 unspecified atom stereocenters. The van der Waals surface area contributed by atoms with Gasteiger partial charge in [0.2, 0.25) is 11.2 Å². The zero-order chi connectivity index (χ0) is 43.6. The van der Waals surface area contributed by atoms with Crippen LogP contribution in [0.15, 0.2) is 84.9 Å². The zero-order valence-corrected chi connectivity index (χ0v) is 34.0. The maximum Gasteiger partial charge on any atom is 0.359 e. The molecule has 15 nitrogen and oxygen atoms in total. The number of likely N-dealkylation sites (N-methyl/N-ethyl adjacent to an activating group) is 2. The first-order valence-corrected chi connectivity index (χ1v) is 19.1. The SMILES string of the molecule is CN1CCC[C@@](O)(C#Cc2cccc(-n3nc(C(N)=O)c4ccc(F)cc43)c2)C1=O.COC(=O)c1nn(-c2cccc(C#C[C@]3(O)CCCN(C)C3=O)c2)c2cc(F)ccc12.N. The number of esters is 1. The molecule has 318 valence electrons. The third-order valence-corrected chi connectivity index (χ3v) is 10.4. The molecule has 8 rings (SSSR count). The number of benzene rings is 4. The van der Waals surface area contributed by atoms with Crippen LogP contribution < -0.4 is 11.9 Å². The molecule has 0 saturated carbocycles. The minimum absolute atomic E-state index is 0. The summed E-state index contributed by atoms with van der Waals surface area (Å²) >= 11 is 0. The van der Waals surface area contributed by atoms with Crippen LogP contribution in [0.25, 0.3) is 33.2 Å². The number of rotatable bonds is 4. The van der Waals surface area contributed by atoms with Crippen LogP contribution in [-0.4, -0.2) is 109 Å². The fourth-order valence-electron chi connectivity index (χ4n) is 7.21. The van der Waals surface area contributed by atoms with Gasteiger partial charge in [0.25, 0.3) is 17.7 Å². The predicted octanol–water partition coefficient (Wildman–Crippen LogP) is 4.05. The topological polar surface area (TPSA) is 221 Å². The highest BCUT2D eigenvalue weighted by atomic mass is 19.1. The molecule has 0 bridgehead atoms. The average Bonchev–Trinajstić information content (AvgIpc) is 3.82. The fourth-order valence-corrected chi connectivity index (χ4v) is 7.21. The molecule has 6 aromatic rings. The summed E-state index contributed by atoms with van der Waals surface area (Å²) in [6.45, 7) is 1.17. The Morgan fingerprint density at radius 2 is 1.15 bits per heavy atom. The summed E-state index contributed by atoms with van der Waals surface area (Å²) in [5.74, 6) is 7.98. The molecule has 2 aliphatic rings.